The van der Waals surface area contributed by atoms with E-state index in [4.69, 9.17) is 11.6 Å². The number of benzene rings is 1. The van der Waals surface area contributed by atoms with Crippen LogP contribution in [0.5, 0.6) is 0 Å². The maximum Gasteiger partial charge on any atom is 0.0409 e. The van der Waals surface area contributed by atoms with Gasteiger partial charge in [-0.15, -0.1) is 0 Å². The average Bonchev–Trinajstić information content (AvgIpc) is 2.99. The maximum atomic E-state index is 5.93. The predicted molar refractivity (Wildman–Crippen MR) is 65.1 cm³/mol. The van der Waals surface area contributed by atoms with Gasteiger partial charge in [-0.25, -0.2) is 0 Å². The Labute approximate surface area is 96.8 Å². The molecule has 2 heteroatoms. The van der Waals surface area contributed by atoms with Crippen LogP contribution in [-0.4, -0.2) is 6.04 Å². The minimum Gasteiger partial charge on any atom is -0.310 e. The van der Waals surface area contributed by atoms with E-state index in [0.717, 1.165) is 17.5 Å². The van der Waals surface area contributed by atoms with Crippen molar-refractivity contribution in [2.45, 2.75) is 38.8 Å². The molecule has 1 aromatic rings. The summed E-state index contributed by atoms with van der Waals surface area (Å²) >= 11 is 5.93. The molecule has 0 heterocycles. The van der Waals surface area contributed by atoms with Gasteiger partial charge in [0, 0.05) is 17.6 Å². The molecule has 1 atom stereocenters. The lowest BCUT2D eigenvalue weighted by Crippen LogP contribution is -2.25. The molecule has 0 aliphatic heterocycles. The Hall–Kier alpha value is -0.530. The van der Waals surface area contributed by atoms with Crippen LogP contribution in [0.4, 0.5) is 0 Å². The Kier molecular flexibility index (Phi) is 3.66. The minimum atomic E-state index is 0.622. The fraction of sp³-hybridized carbons (Fsp3) is 0.538. The summed E-state index contributed by atoms with van der Waals surface area (Å²) in [5.74, 6) is 0.992. The molecule has 0 amide bonds. The first-order chi connectivity index (χ1) is 7.24. The molecule has 1 aromatic carbocycles. The van der Waals surface area contributed by atoms with Gasteiger partial charge in [0.15, 0.2) is 0 Å². The molecule has 1 nitrogen and oxygen atoms in total. The van der Waals surface area contributed by atoms with Gasteiger partial charge in [0.25, 0.3) is 0 Å². The molecule has 0 bridgehead atoms. The van der Waals surface area contributed by atoms with E-state index in [1.165, 1.54) is 24.8 Å². The monoisotopic (exact) mass is 223 g/mol. The second-order valence-electron chi connectivity index (χ2n) is 4.59. The van der Waals surface area contributed by atoms with Crippen LogP contribution in [0.1, 0.15) is 31.7 Å². The van der Waals surface area contributed by atoms with Crippen molar-refractivity contribution < 1.29 is 0 Å². The van der Waals surface area contributed by atoms with E-state index in [2.05, 4.69) is 18.3 Å². The van der Waals surface area contributed by atoms with Crippen LogP contribution in [0.25, 0.3) is 0 Å². The van der Waals surface area contributed by atoms with Crippen molar-refractivity contribution in [3.05, 3.63) is 34.9 Å². The van der Waals surface area contributed by atoms with E-state index >= 15 is 0 Å². The molecular weight excluding hydrogens is 206 g/mol. The second-order valence-corrected chi connectivity index (χ2v) is 5.03. The molecule has 15 heavy (non-hydrogen) atoms. The lowest BCUT2D eigenvalue weighted by molar-refractivity contribution is 0.487. The Morgan fingerprint density at radius 2 is 2.27 bits per heavy atom. The molecule has 1 unspecified atom stereocenters. The number of hydrogen-bond donors (Lipinski definition) is 1. The smallest absolute Gasteiger partial charge is 0.0409 e. The highest BCUT2D eigenvalue weighted by Crippen LogP contribution is 2.33. The van der Waals surface area contributed by atoms with Gasteiger partial charge in [0.2, 0.25) is 0 Å². The van der Waals surface area contributed by atoms with Crippen LogP contribution >= 0.6 is 11.6 Å². The van der Waals surface area contributed by atoms with Gasteiger partial charge >= 0.3 is 0 Å². The maximum absolute atomic E-state index is 5.93. The van der Waals surface area contributed by atoms with Gasteiger partial charge in [0.05, 0.1) is 0 Å². The first kappa shape index (κ1) is 11.0. The summed E-state index contributed by atoms with van der Waals surface area (Å²) in [6, 6.07) is 8.68. The van der Waals surface area contributed by atoms with Gasteiger partial charge in [0.1, 0.15) is 0 Å². The summed E-state index contributed by atoms with van der Waals surface area (Å²) in [5.41, 5.74) is 1.27. The van der Waals surface area contributed by atoms with Gasteiger partial charge in [-0.3, -0.25) is 0 Å². The van der Waals surface area contributed by atoms with E-state index < -0.39 is 0 Å². The summed E-state index contributed by atoms with van der Waals surface area (Å²) in [6.07, 6.45) is 4.19. The van der Waals surface area contributed by atoms with E-state index in [1.807, 2.05) is 18.2 Å². The van der Waals surface area contributed by atoms with Crippen LogP contribution in [0.2, 0.25) is 5.02 Å². The van der Waals surface area contributed by atoms with Crippen molar-refractivity contribution in [1.82, 2.24) is 5.32 Å². The lowest BCUT2D eigenvalue weighted by atomic mass is 10.1. The van der Waals surface area contributed by atoms with Crippen LogP contribution in [-0.2, 0) is 6.54 Å². The van der Waals surface area contributed by atoms with Gasteiger partial charge in [-0.1, -0.05) is 36.6 Å². The summed E-state index contributed by atoms with van der Waals surface area (Å²) in [5, 5.41) is 4.36. The zero-order valence-corrected chi connectivity index (χ0v) is 9.93. The van der Waals surface area contributed by atoms with Crippen LogP contribution in [0, 0.1) is 5.92 Å². The van der Waals surface area contributed by atoms with Crippen molar-refractivity contribution in [2.75, 3.05) is 0 Å². The first-order valence-corrected chi connectivity index (χ1v) is 6.09. The number of nitrogens with one attached hydrogen (secondary N) is 1. The third kappa shape index (κ3) is 3.84. The normalized spacial score (nSPS) is 17.7. The van der Waals surface area contributed by atoms with Gasteiger partial charge in [-0.05, 0) is 37.0 Å². The van der Waals surface area contributed by atoms with Gasteiger partial charge < -0.3 is 5.32 Å². The third-order valence-corrected chi connectivity index (χ3v) is 3.16. The Balaban J connectivity index is 1.76. The average molecular weight is 224 g/mol. The molecule has 0 radical (unpaired) electrons. The van der Waals surface area contributed by atoms with Gasteiger partial charge in [-0.2, -0.15) is 0 Å². The quantitative estimate of drug-likeness (QED) is 0.804. The molecule has 1 saturated carbocycles. The highest BCUT2D eigenvalue weighted by atomic mass is 35.5. The largest absolute Gasteiger partial charge is 0.310 e. The Morgan fingerprint density at radius 1 is 1.47 bits per heavy atom. The standard InChI is InChI=1S/C13H18ClN/c1-10(7-11-5-6-11)15-9-12-3-2-4-13(14)8-12/h2-4,8,10-11,15H,5-7,9H2,1H3. The molecule has 1 aliphatic rings. The van der Waals surface area contributed by atoms with Crippen LogP contribution < -0.4 is 5.32 Å². The molecule has 0 aromatic heterocycles. The first-order valence-electron chi connectivity index (χ1n) is 5.72. The highest BCUT2D eigenvalue weighted by molar-refractivity contribution is 6.30. The summed E-state index contributed by atoms with van der Waals surface area (Å²) in [6.45, 7) is 3.19. The van der Waals surface area contributed by atoms with E-state index in [1.54, 1.807) is 0 Å². The van der Waals surface area contributed by atoms with Crippen LogP contribution in [0.15, 0.2) is 24.3 Å². The SMILES string of the molecule is CC(CC1CC1)NCc1cccc(Cl)c1. The number of rotatable bonds is 5. The zero-order chi connectivity index (χ0) is 10.7. The van der Waals surface area contributed by atoms with Crippen molar-refractivity contribution in [3.63, 3.8) is 0 Å². The molecule has 0 saturated heterocycles. The van der Waals surface area contributed by atoms with E-state index in [0.29, 0.717) is 6.04 Å². The van der Waals surface area contributed by atoms with Crippen LogP contribution in [0.3, 0.4) is 0 Å². The van der Waals surface area contributed by atoms with E-state index in [-0.39, 0.29) is 0 Å². The third-order valence-electron chi connectivity index (χ3n) is 2.93. The summed E-state index contributed by atoms with van der Waals surface area (Å²) in [7, 11) is 0. The molecule has 82 valence electrons. The molecule has 1 N–H and O–H groups in total. The fourth-order valence-electron chi connectivity index (χ4n) is 1.88. The Morgan fingerprint density at radius 3 is 2.93 bits per heavy atom. The Bertz CT molecular complexity index is 320. The van der Waals surface area contributed by atoms with Crippen molar-refractivity contribution in [3.8, 4) is 0 Å². The topological polar surface area (TPSA) is 12.0 Å². The molecular formula is C13H18ClN. The number of hydrogen-bond acceptors (Lipinski definition) is 1. The zero-order valence-electron chi connectivity index (χ0n) is 9.17. The van der Waals surface area contributed by atoms with Crippen molar-refractivity contribution in [2.24, 2.45) is 5.92 Å². The molecule has 0 spiro atoms. The van der Waals surface area contributed by atoms with Crippen molar-refractivity contribution in [1.29, 1.82) is 0 Å². The lowest BCUT2D eigenvalue weighted by Gasteiger charge is -2.13. The summed E-state index contributed by atoms with van der Waals surface area (Å²) < 4.78 is 0. The molecule has 2 rings (SSSR count). The molecule has 1 fully saturated rings. The fourth-order valence-corrected chi connectivity index (χ4v) is 2.09. The van der Waals surface area contributed by atoms with Crippen molar-refractivity contribution >= 4 is 11.6 Å². The highest BCUT2D eigenvalue weighted by Gasteiger charge is 2.23. The predicted octanol–water partition coefficient (Wildman–Crippen LogP) is 3.62. The molecule has 1 aliphatic carbocycles. The number of halogens is 1. The minimum absolute atomic E-state index is 0.622. The summed E-state index contributed by atoms with van der Waals surface area (Å²) in [4.78, 5) is 0. The second kappa shape index (κ2) is 5.00. The van der Waals surface area contributed by atoms with E-state index in [9.17, 15) is 0 Å².